The summed E-state index contributed by atoms with van der Waals surface area (Å²) >= 11 is 0. The lowest BCUT2D eigenvalue weighted by atomic mass is 10.0. The molecule has 2 aromatic heterocycles. The standard InChI is InChI=1S/C32H38N8O2/c1-23-5-9-27(30(41)38-28-11-7-24(8-12-28)18-34-15-14-33-4)17-26(23)10-6-25-19-35-31(36-20-25)39-29-21-37-40(22-29)16-13-32(2,3)42/h5,7-9,11-12,17,19-22,33-34,42H,13-16,18H2,1-4H3,(H,38,41)(H,35,36,39). The van der Waals surface area contributed by atoms with Crippen LogP contribution in [0.1, 0.15) is 52.9 Å². The Bertz CT molecular complexity index is 1530. The van der Waals surface area contributed by atoms with Gasteiger partial charge in [0.25, 0.3) is 5.91 Å². The Balaban J connectivity index is 1.34. The van der Waals surface area contributed by atoms with Crippen molar-refractivity contribution in [1.29, 1.82) is 0 Å². The van der Waals surface area contributed by atoms with E-state index < -0.39 is 5.60 Å². The van der Waals surface area contributed by atoms with Crippen LogP contribution in [-0.2, 0) is 13.1 Å². The van der Waals surface area contributed by atoms with E-state index in [1.165, 1.54) is 0 Å². The van der Waals surface area contributed by atoms with E-state index >= 15 is 0 Å². The molecule has 4 aromatic rings. The third-order valence-electron chi connectivity index (χ3n) is 6.43. The van der Waals surface area contributed by atoms with Crippen molar-refractivity contribution in [1.82, 2.24) is 30.4 Å². The molecule has 0 aliphatic rings. The summed E-state index contributed by atoms with van der Waals surface area (Å²) in [5.74, 6) is 6.47. The van der Waals surface area contributed by atoms with Crippen molar-refractivity contribution in [2.45, 2.75) is 45.9 Å². The number of nitrogens with zero attached hydrogens (tertiary/aromatic N) is 4. The van der Waals surface area contributed by atoms with Crippen LogP contribution in [0.25, 0.3) is 0 Å². The van der Waals surface area contributed by atoms with Crippen molar-refractivity contribution in [3.05, 3.63) is 95.1 Å². The average Bonchev–Trinajstić information content (AvgIpc) is 3.42. The van der Waals surface area contributed by atoms with Crippen LogP contribution in [0.15, 0.2) is 67.3 Å². The number of nitrogens with one attached hydrogen (secondary N) is 4. The quantitative estimate of drug-likeness (QED) is 0.129. The van der Waals surface area contributed by atoms with Crippen LogP contribution in [0.2, 0.25) is 0 Å². The molecule has 0 aliphatic heterocycles. The van der Waals surface area contributed by atoms with Crippen molar-refractivity contribution in [3.8, 4) is 11.8 Å². The number of aromatic nitrogens is 4. The van der Waals surface area contributed by atoms with Gasteiger partial charge in [0.1, 0.15) is 0 Å². The lowest BCUT2D eigenvalue weighted by molar-refractivity contribution is 0.0651. The minimum atomic E-state index is -0.748. The van der Waals surface area contributed by atoms with E-state index in [0.29, 0.717) is 30.0 Å². The van der Waals surface area contributed by atoms with Gasteiger partial charge in [-0.1, -0.05) is 30.0 Å². The van der Waals surface area contributed by atoms with Crippen LogP contribution in [0, 0.1) is 18.8 Å². The number of benzene rings is 2. The highest BCUT2D eigenvalue weighted by molar-refractivity contribution is 6.04. The number of hydrogen-bond acceptors (Lipinski definition) is 8. The molecule has 0 bridgehead atoms. The highest BCUT2D eigenvalue weighted by Gasteiger charge is 2.13. The molecule has 0 fully saturated rings. The first-order valence-corrected chi connectivity index (χ1v) is 13.9. The molecule has 0 atom stereocenters. The minimum Gasteiger partial charge on any atom is -0.390 e. The summed E-state index contributed by atoms with van der Waals surface area (Å²) in [4.78, 5) is 21.6. The smallest absolute Gasteiger partial charge is 0.255 e. The van der Waals surface area contributed by atoms with E-state index in [9.17, 15) is 9.90 Å². The molecule has 4 rings (SSSR count). The molecule has 2 heterocycles. The van der Waals surface area contributed by atoms with E-state index in [1.807, 2.05) is 50.5 Å². The van der Waals surface area contributed by atoms with Crippen LogP contribution in [0.4, 0.5) is 17.3 Å². The number of carbonyl (C=O) groups is 1. The SMILES string of the molecule is CNCCNCc1ccc(NC(=O)c2ccc(C)c(C#Cc3cnc(Nc4cnn(CCC(C)(C)O)c4)nc3)c2)cc1. The maximum Gasteiger partial charge on any atom is 0.255 e. The van der Waals surface area contributed by atoms with Gasteiger partial charge in [-0.05, 0) is 69.6 Å². The summed E-state index contributed by atoms with van der Waals surface area (Å²) in [6.45, 7) is 8.69. The number of anilines is 3. The van der Waals surface area contributed by atoms with Crippen molar-refractivity contribution < 1.29 is 9.90 Å². The Morgan fingerprint density at radius 3 is 2.48 bits per heavy atom. The van der Waals surface area contributed by atoms with Crippen LogP contribution in [0.3, 0.4) is 0 Å². The largest absolute Gasteiger partial charge is 0.390 e. The molecule has 0 spiro atoms. The first-order chi connectivity index (χ1) is 20.2. The summed E-state index contributed by atoms with van der Waals surface area (Å²) in [5, 5.41) is 26.8. The average molecular weight is 567 g/mol. The zero-order valence-electron chi connectivity index (χ0n) is 24.5. The van der Waals surface area contributed by atoms with Gasteiger partial charge in [-0.2, -0.15) is 5.10 Å². The van der Waals surface area contributed by atoms with Crippen molar-refractivity contribution >= 4 is 23.2 Å². The van der Waals surface area contributed by atoms with Crippen LogP contribution >= 0.6 is 0 Å². The molecular formula is C32H38N8O2. The van der Waals surface area contributed by atoms with Crippen molar-refractivity contribution in [2.75, 3.05) is 30.8 Å². The van der Waals surface area contributed by atoms with Gasteiger partial charge in [-0.25, -0.2) is 9.97 Å². The molecule has 2 aromatic carbocycles. The monoisotopic (exact) mass is 566 g/mol. The normalized spacial score (nSPS) is 11.1. The number of aryl methyl sites for hydroxylation is 2. The summed E-state index contributed by atoms with van der Waals surface area (Å²) in [6, 6.07) is 13.3. The number of amides is 1. The Hall–Kier alpha value is -4.56. The molecule has 10 nitrogen and oxygen atoms in total. The zero-order valence-corrected chi connectivity index (χ0v) is 24.5. The molecule has 0 aliphatic carbocycles. The van der Waals surface area contributed by atoms with Gasteiger partial charge in [0.15, 0.2) is 0 Å². The van der Waals surface area contributed by atoms with Gasteiger partial charge < -0.3 is 26.4 Å². The van der Waals surface area contributed by atoms with Crippen LogP contribution in [0.5, 0.6) is 0 Å². The van der Waals surface area contributed by atoms with E-state index in [0.717, 1.165) is 47.7 Å². The number of aliphatic hydroxyl groups is 1. The number of hydrogen-bond donors (Lipinski definition) is 5. The van der Waals surface area contributed by atoms with Gasteiger partial charge in [0, 0.05) is 61.6 Å². The Labute approximate surface area is 247 Å². The van der Waals surface area contributed by atoms with Gasteiger partial charge in [0.2, 0.25) is 5.95 Å². The molecule has 5 N–H and O–H groups in total. The van der Waals surface area contributed by atoms with Gasteiger partial charge in [-0.3, -0.25) is 9.48 Å². The topological polar surface area (TPSA) is 129 Å². The molecule has 0 saturated carbocycles. The highest BCUT2D eigenvalue weighted by Crippen LogP contribution is 2.16. The van der Waals surface area contributed by atoms with E-state index in [2.05, 4.69) is 48.2 Å². The lowest BCUT2D eigenvalue weighted by Crippen LogP contribution is -2.24. The molecule has 218 valence electrons. The number of rotatable bonds is 12. The van der Waals surface area contributed by atoms with Crippen LogP contribution in [-0.4, -0.2) is 56.5 Å². The summed E-state index contributed by atoms with van der Waals surface area (Å²) < 4.78 is 1.76. The Morgan fingerprint density at radius 2 is 1.76 bits per heavy atom. The molecule has 0 unspecified atom stereocenters. The van der Waals surface area contributed by atoms with E-state index in [-0.39, 0.29) is 5.91 Å². The van der Waals surface area contributed by atoms with E-state index in [1.54, 1.807) is 49.3 Å². The third-order valence-corrected chi connectivity index (χ3v) is 6.43. The molecule has 0 radical (unpaired) electrons. The molecular weight excluding hydrogens is 528 g/mol. The molecule has 1 amide bonds. The molecule has 10 heteroatoms. The second kappa shape index (κ2) is 14.4. The fraction of sp³-hybridized carbons (Fsp3) is 0.312. The lowest BCUT2D eigenvalue weighted by Gasteiger charge is -2.16. The Morgan fingerprint density at radius 1 is 1.00 bits per heavy atom. The summed E-state index contributed by atoms with van der Waals surface area (Å²) in [5.41, 5.74) is 4.80. The molecule has 0 saturated heterocycles. The second-order valence-electron chi connectivity index (χ2n) is 10.7. The van der Waals surface area contributed by atoms with Gasteiger partial charge in [-0.15, -0.1) is 0 Å². The fourth-order valence-corrected chi connectivity index (χ4v) is 3.92. The zero-order chi connectivity index (χ0) is 30.0. The number of likely N-dealkylation sites (N-methyl/N-ethyl adjacent to an activating group) is 1. The fourth-order valence-electron chi connectivity index (χ4n) is 3.92. The van der Waals surface area contributed by atoms with Gasteiger partial charge >= 0.3 is 0 Å². The maximum atomic E-state index is 12.9. The van der Waals surface area contributed by atoms with Crippen LogP contribution < -0.4 is 21.3 Å². The van der Waals surface area contributed by atoms with E-state index in [4.69, 9.17) is 0 Å². The Kier molecular flexibility index (Phi) is 10.4. The second-order valence-corrected chi connectivity index (χ2v) is 10.7. The van der Waals surface area contributed by atoms with Gasteiger partial charge in [0.05, 0.1) is 23.0 Å². The summed E-state index contributed by atoms with van der Waals surface area (Å²) in [6.07, 6.45) is 7.41. The third kappa shape index (κ3) is 9.52. The first kappa shape index (κ1) is 30.4. The highest BCUT2D eigenvalue weighted by atomic mass is 16.3. The summed E-state index contributed by atoms with van der Waals surface area (Å²) in [7, 11) is 1.93. The maximum absolute atomic E-state index is 12.9. The predicted molar refractivity (Wildman–Crippen MR) is 166 cm³/mol. The van der Waals surface area contributed by atoms with Crippen molar-refractivity contribution in [3.63, 3.8) is 0 Å². The minimum absolute atomic E-state index is 0.194. The first-order valence-electron chi connectivity index (χ1n) is 13.9. The number of carbonyl (C=O) groups excluding carboxylic acids is 1. The predicted octanol–water partition coefficient (Wildman–Crippen LogP) is 3.85. The molecule has 42 heavy (non-hydrogen) atoms. The van der Waals surface area contributed by atoms with Crippen molar-refractivity contribution in [2.24, 2.45) is 0 Å².